The first-order valence-electron chi connectivity index (χ1n) is 11.3. The second kappa shape index (κ2) is 10.3. The monoisotopic (exact) mass is 427 g/mol. The van der Waals surface area contributed by atoms with E-state index in [4.69, 9.17) is 4.74 Å². The van der Waals surface area contributed by atoms with Gasteiger partial charge >= 0.3 is 5.97 Å². The Bertz CT molecular complexity index is 1020. The summed E-state index contributed by atoms with van der Waals surface area (Å²) in [5.74, 6) is -0.0244. The van der Waals surface area contributed by atoms with Crippen molar-refractivity contribution >= 4 is 11.9 Å². The van der Waals surface area contributed by atoms with E-state index < -0.39 is 12.1 Å². The SMILES string of the molecule is CC(=O)OC(C(=O)N1CCC(Cc2ccc(-c3ccccc3)cc2)CC1)c1ccccc1. The van der Waals surface area contributed by atoms with Gasteiger partial charge in [0.2, 0.25) is 6.10 Å². The van der Waals surface area contributed by atoms with Gasteiger partial charge in [-0.2, -0.15) is 0 Å². The van der Waals surface area contributed by atoms with Crippen molar-refractivity contribution in [2.75, 3.05) is 13.1 Å². The van der Waals surface area contributed by atoms with Crippen molar-refractivity contribution in [2.45, 2.75) is 32.3 Å². The summed E-state index contributed by atoms with van der Waals surface area (Å²) in [7, 11) is 0. The summed E-state index contributed by atoms with van der Waals surface area (Å²) in [4.78, 5) is 26.6. The third-order valence-electron chi connectivity index (χ3n) is 6.12. The van der Waals surface area contributed by atoms with Gasteiger partial charge in [-0.1, -0.05) is 84.9 Å². The Morgan fingerprint density at radius 2 is 1.41 bits per heavy atom. The Labute approximate surface area is 189 Å². The highest BCUT2D eigenvalue weighted by molar-refractivity contribution is 5.84. The van der Waals surface area contributed by atoms with Crippen molar-refractivity contribution in [1.29, 1.82) is 0 Å². The molecule has 1 amide bonds. The lowest BCUT2D eigenvalue weighted by atomic mass is 9.89. The summed E-state index contributed by atoms with van der Waals surface area (Å²) in [5.41, 5.74) is 4.50. The van der Waals surface area contributed by atoms with Gasteiger partial charge in [0.25, 0.3) is 5.91 Å². The van der Waals surface area contributed by atoms with Crippen LogP contribution in [0.4, 0.5) is 0 Å². The Balaban J connectivity index is 1.34. The lowest BCUT2D eigenvalue weighted by molar-refractivity contribution is -0.160. The fraction of sp³-hybridized carbons (Fsp3) is 0.286. The van der Waals surface area contributed by atoms with Crippen LogP contribution in [0.1, 0.15) is 37.0 Å². The second-order valence-electron chi connectivity index (χ2n) is 8.44. The maximum atomic E-state index is 13.1. The zero-order valence-electron chi connectivity index (χ0n) is 18.4. The molecule has 4 heteroatoms. The van der Waals surface area contributed by atoms with E-state index in [1.54, 1.807) is 0 Å². The molecule has 0 spiro atoms. The molecule has 1 unspecified atom stereocenters. The fourth-order valence-corrected chi connectivity index (χ4v) is 4.38. The van der Waals surface area contributed by atoms with E-state index in [1.807, 2.05) is 41.3 Å². The molecule has 0 N–H and O–H groups in total. The van der Waals surface area contributed by atoms with E-state index >= 15 is 0 Å². The summed E-state index contributed by atoms with van der Waals surface area (Å²) in [6.45, 7) is 2.73. The topological polar surface area (TPSA) is 46.6 Å². The summed E-state index contributed by atoms with van der Waals surface area (Å²) in [6.07, 6.45) is 2.06. The van der Waals surface area contributed by atoms with E-state index in [2.05, 4.69) is 48.5 Å². The molecule has 1 saturated heterocycles. The molecule has 1 atom stereocenters. The predicted octanol–water partition coefficient (Wildman–Crippen LogP) is 5.44. The summed E-state index contributed by atoms with van der Waals surface area (Å²) >= 11 is 0. The molecule has 4 nitrogen and oxygen atoms in total. The van der Waals surface area contributed by atoms with Crippen molar-refractivity contribution in [1.82, 2.24) is 4.90 Å². The maximum Gasteiger partial charge on any atom is 0.303 e. The number of nitrogens with zero attached hydrogens (tertiary/aromatic N) is 1. The molecule has 3 aromatic rings. The molecule has 0 radical (unpaired) electrons. The smallest absolute Gasteiger partial charge is 0.303 e. The van der Waals surface area contributed by atoms with Gasteiger partial charge in [-0.25, -0.2) is 0 Å². The maximum absolute atomic E-state index is 13.1. The van der Waals surface area contributed by atoms with Crippen molar-refractivity contribution in [2.24, 2.45) is 5.92 Å². The minimum atomic E-state index is -0.865. The van der Waals surface area contributed by atoms with Crippen LogP contribution in [0.15, 0.2) is 84.9 Å². The van der Waals surface area contributed by atoms with Gasteiger partial charge in [0, 0.05) is 25.6 Å². The van der Waals surface area contributed by atoms with Crippen LogP contribution in [0.3, 0.4) is 0 Å². The highest BCUT2D eigenvalue weighted by atomic mass is 16.5. The van der Waals surface area contributed by atoms with Crippen molar-refractivity contribution in [3.8, 4) is 11.1 Å². The van der Waals surface area contributed by atoms with Crippen molar-refractivity contribution in [3.05, 3.63) is 96.1 Å². The van der Waals surface area contributed by atoms with Crippen LogP contribution in [0.2, 0.25) is 0 Å². The molecule has 0 bridgehead atoms. The van der Waals surface area contributed by atoms with Crippen molar-refractivity contribution < 1.29 is 14.3 Å². The molecule has 1 aliphatic heterocycles. The highest BCUT2D eigenvalue weighted by Gasteiger charge is 2.31. The molecule has 0 saturated carbocycles. The number of benzene rings is 3. The van der Waals surface area contributed by atoms with Gasteiger partial charge < -0.3 is 9.64 Å². The average Bonchev–Trinajstić information content (AvgIpc) is 2.84. The Morgan fingerprint density at radius 3 is 2.00 bits per heavy atom. The Hall–Kier alpha value is -3.40. The number of amides is 1. The van der Waals surface area contributed by atoms with Gasteiger partial charge in [-0.3, -0.25) is 9.59 Å². The summed E-state index contributed by atoms with van der Waals surface area (Å²) in [6, 6.07) is 28.5. The first-order valence-corrected chi connectivity index (χ1v) is 11.3. The van der Waals surface area contributed by atoms with E-state index in [-0.39, 0.29) is 5.91 Å². The third kappa shape index (κ3) is 5.44. The van der Waals surface area contributed by atoms with Crippen LogP contribution in [0, 0.1) is 5.92 Å². The fourth-order valence-electron chi connectivity index (χ4n) is 4.38. The molecular formula is C28H29NO3. The van der Waals surface area contributed by atoms with Gasteiger partial charge in [-0.15, -0.1) is 0 Å². The predicted molar refractivity (Wildman–Crippen MR) is 126 cm³/mol. The van der Waals surface area contributed by atoms with Crippen LogP contribution >= 0.6 is 0 Å². The average molecular weight is 428 g/mol. The molecule has 164 valence electrons. The zero-order chi connectivity index (χ0) is 22.3. The summed E-state index contributed by atoms with van der Waals surface area (Å²) in [5, 5.41) is 0. The van der Waals surface area contributed by atoms with Crippen molar-refractivity contribution in [3.63, 3.8) is 0 Å². The van der Waals surface area contributed by atoms with E-state index in [9.17, 15) is 9.59 Å². The first-order chi connectivity index (χ1) is 15.6. The van der Waals surface area contributed by atoms with Gasteiger partial charge in [0.1, 0.15) is 0 Å². The van der Waals surface area contributed by atoms with Gasteiger partial charge in [0.05, 0.1) is 0 Å². The summed E-state index contributed by atoms with van der Waals surface area (Å²) < 4.78 is 5.39. The van der Waals surface area contributed by atoms with E-state index in [1.165, 1.54) is 23.6 Å². The molecule has 1 aliphatic rings. The zero-order valence-corrected chi connectivity index (χ0v) is 18.4. The number of hydrogen-bond donors (Lipinski definition) is 0. The molecule has 1 heterocycles. The lowest BCUT2D eigenvalue weighted by Crippen LogP contribution is -2.42. The first kappa shape index (κ1) is 21.8. The van der Waals surface area contributed by atoms with Crippen LogP contribution in [-0.2, 0) is 20.7 Å². The second-order valence-corrected chi connectivity index (χ2v) is 8.44. The number of rotatable bonds is 6. The van der Waals surface area contributed by atoms with Gasteiger partial charge in [-0.05, 0) is 41.9 Å². The standard InChI is InChI=1S/C28H29NO3/c1-21(30)32-27(26-10-6-3-7-11-26)28(31)29-18-16-23(17-19-29)20-22-12-14-25(15-13-22)24-8-4-2-5-9-24/h2-15,23,27H,16-20H2,1H3. The molecule has 0 aliphatic carbocycles. The molecule has 1 fully saturated rings. The quantitative estimate of drug-likeness (QED) is 0.492. The Kier molecular flexibility index (Phi) is 7.00. The number of likely N-dealkylation sites (tertiary alicyclic amines) is 1. The normalized spacial score (nSPS) is 15.2. The molecule has 0 aromatic heterocycles. The number of ether oxygens (including phenoxy) is 1. The number of carbonyl (C=O) groups is 2. The highest BCUT2D eigenvalue weighted by Crippen LogP contribution is 2.27. The molecule has 3 aromatic carbocycles. The molecule has 4 rings (SSSR count). The van der Waals surface area contributed by atoms with Crippen LogP contribution in [0.5, 0.6) is 0 Å². The molecule has 32 heavy (non-hydrogen) atoms. The Morgan fingerprint density at radius 1 is 0.844 bits per heavy atom. The minimum absolute atomic E-state index is 0.128. The number of piperidine rings is 1. The number of hydrogen-bond acceptors (Lipinski definition) is 3. The third-order valence-corrected chi connectivity index (χ3v) is 6.12. The van der Waals surface area contributed by atoms with E-state index in [0.29, 0.717) is 24.6 Å². The van der Waals surface area contributed by atoms with E-state index in [0.717, 1.165) is 19.3 Å². The minimum Gasteiger partial charge on any atom is -0.447 e. The number of carbonyl (C=O) groups excluding carboxylic acids is 2. The lowest BCUT2D eigenvalue weighted by Gasteiger charge is -2.34. The largest absolute Gasteiger partial charge is 0.447 e. The molecular weight excluding hydrogens is 398 g/mol. The van der Waals surface area contributed by atoms with Gasteiger partial charge in [0.15, 0.2) is 0 Å². The number of esters is 1. The van der Waals surface area contributed by atoms with Crippen LogP contribution in [0.25, 0.3) is 11.1 Å². The van der Waals surface area contributed by atoms with Crippen LogP contribution < -0.4 is 0 Å². The van der Waals surface area contributed by atoms with Crippen LogP contribution in [-0.4, -0.2) is 29.9 Å².